The fraction of sp³-hybridized carbons (Fsp3) is 0.458. The second kappa shape index (κ2) is 9.92. The van der Waals surface area contributed by atoms with Crippen molar-refractivity contribution in [3.05, 3.63) is 52.0 Å². The Bertz CT molecular complexity index is 1070. The molecular weight excluding hydrogens is 456 g/mol. The lowest BCUT2D eigenvalue weighted by molar-refractivity contribution is 0.0938. The van der Waals surface area contributed by atoms with E-state index in [-0.39, 0.29) is 12.5 Å². The number of nitrogens with one attached hydrogen (secondary N) is 1. The number of nitrogens with zero attached hydrogens (tertiary/aromatic N) is 3. The number of methoxy groups -OCH3 is 1. The monoisotopic (exact) mass is 484 g/mol. The van der Waals surface area contributed by atoms with Crippen LogP contribution < -0.4 is 5.32 Å². The van der Waals surface area contributed by atoms with Crippen molar-refractivity contribution in [3.8, 4) is 11.1 Å². The van der Waals surface area contributed by atoms with E-state index in [9.17, 15) is 4.79 Å². The Balaban J connectivity index is 1.83. The van der Waals surface area contributed by atoms with Crippen LogP contribution in [-0.2, 0) is 17.8 Å². The Kier molecular flexibility index (Phi) is 7.02. The highest BCUT2D eigenvalue weighted by molar-refractivity contribution is 9.10. The number of halogens is 1. The number of aryl methyl sites for hydroxylation is 1. The van der Waals surface area contributed by atoms with Crippen LogP contribution in [0.1, 0.15) is 60.8 Å². The van der Waals surface area contributed by atoms with Crippen molar-refractivity contribution in [1.82, 2.24) is 19.9 Å². The molecule has 164 valence electrons. The molecule has 0 atom stereocenters. The number of aromatic nitrogens is 3. The number of carbonyl (C=O) groups excluding carboxylic acids is 1. The van der Waals surface area contributed by atoms with E-state index in [1.54, 1.807) is 19.5 Å². The molecule has 7 heteroatoms. The Morgan fingerprint density at radius 3 is 2.77 bits per heavy atom. The van der Waals surface area contributed by atoms with Crippen molar-refractivity contribution in [2.24, 2.45) is 5.92 Å². The molecule has 3 aromatic rings. The first-order valence-electron chi connectivity index (χ1n) is 11.0. The van der Waals surface area contributed by atoms with Gasteiger partial charge in [-0.05, 0) is 59.3 Å². The van der Waals surface area contributed by atoms with Gasteiger partial charge in [-0.1, -0.05) is 26.2 Å². The third-order valence-corrected chi connectivity index (χ3v) is 6.52. The molecule has 4 rings (SSSR count). The zero-order valence-corrected chi connectivity index (χ0v) is 19.7. The topological polar surface area (TPSA) is 68.5 Å². The molecule has 6 nitrogen and oxygen atoms in total. The minimum absolute atomic E-state index is 0.0955. The highest BCUT2D eigenvalue weighted by Gasteiger charge is 2.25. The molecule has 0 bridgehead atoms. The molecule has 1 N–H and O–H groups in total. The summed E-state index contributed by atoms with van der Waals surface area (Å²) in [6, 6.07) is 6.10. The van der Waals surface area contributed by atoms with Gasteiger partial charge in [-0.15, -0.1) is 0 Å². The highest BCUT2D eigenvalue weighted by atomic mass is 79.9. The van der Waals surface area contributed by atoms with E-state index in [1.807, 2.05) is 16.6 Å². The van der Waals surface area contributed by atoms with Crippen molar-refractivity contribution in [3.63, 3.8) is 0 Å². The van der Waals surface area contributed by atoms with Gasteiger partial charge in [0.05, 0.1) is 17.7 Å². The van der Waals surface area contributed by atoms with Crippen molar-refractivity contribution >= 4 is 27.4 Å². The molecule has 1 saturated carbocycles. The van der Waals surface area contributed by atoms with Crippen LogP contribution in [0.4, 0.5) is 0 Å². The number of rotatable bonds is 7. The summed E-state index contributed by atoms with van der Waals surface area (Å²) in [7, 11) is 1.63. The van der Waals surface area contributed by atoms with E-state index in [2.05, 4.69) is 39.2 Å². The van der Waals surface area contributed by atoms with E-state index in [4.69, 9.17) is 9.84 Å². The molecule has 0 aliphatic heterocycles. The lowest BCUT2D eigenvalue weighted by Crippen LogP contribution is -2.32. The van der Waals surface area contributed by atoms with Crippen LogP contribution in [0.5, 0.6) is 0 Å². The second-order valence-corrected chi connectivity index (χ2v) is 9.13. The Hall–Kier alpha value is -2.25. The third kappa shape index (κ3) is 4.67. The summed E-state index contributed by atoms with van der Waals surface area (Å²) < 4.78 is 8.24. The maximum absolute atomic E-state index is 13.5. The van der Waals surface area contributed by atoms with Gasteiger partial charge < -0.3 is 10.1 Å². The summed E-state index contributed by atoms with van der Waals surface area (Å²) in [6.07, 6.45) is 10.6. The smallest absolute Gasteiger partial charge is 0.254 e. The van der Waals surface area contributed by atoms with Crippen molar-refractivity contribution in [2.45, 2.75) is 52.1 Å². The van der Waals surface area contributed by atoms with E-state index >= 15 is 0 Å². The van der Waals surface area contributed by atoms with Crippen LogP contribution in [0.2, 0.25) is 0 Å². The van der Waals surface area contributed by atoms with Gasteiger partial charge in [-0.25, -0.2) is 4.52 Å². The molecule has 31 heavy (non-hydrogen) atoms. The molecule has 0 unspecified atom stereocenters. The molecule has 1 aliphatic rings. The van der Waals surface area contributed by atoms with Gasteiger partial charge in [0.1, 0.15) is 5.69 Å². The normalized spacial score (nSPS) is 14.8. The van der Waals surface area contributed by atoms with Gasteiger partial charge in [0, 0.05) is 47.3 Å². The summed E-state index contributed by atoms with van der Waals surface area (Å²) in [5, 5.41) is 8.02. The third-order valence-electron chi connectivity index (χ3n) is 6.09. The van der Waals surface area contributed by atoms with Crippen LogP contribution in [-0.4, -0.2) is 34.2 Å². The van der Waals surface area contributed by atoms with Crippen LogP contribution in [0.3, 0.4) is 0 Å². The lowest BCUT2D eigenvalue weighted by atomic mass is 9.89. The van der Waals surface area contributed by atoms with Crippen LogP contribution in [0.15, 0.2) is 35.1 Å². The first-order chi connectivity index (χ1) is 15.1. The first-order valence-corrected chi connectivity index (χ1v) is 11.8. The largest absolute Gasteiger partial charge is 0.378 e. The molecule has 3 aromatic heterocycles. The molecule has 3 heterocycles. The second-order valence-electron chi connectivity index (χ2n) is 8.21. The van der Waals surface area contributed by atoms with Crippen molar-refractivity contribution in [2.75, 3.05) is 13.7 Å². The number of fused-ring (bicyclic) bond motifs is 1. The number of amides is 1. The van der Waals surface area contributed by atoms with Crippen molar-refractivity contribution < 1.29 is 9.53 Å². The zero-order chi connectivity index (χ0) is 21.8. The minimum atomic E-state index is -0.0955. The summed E-state index contributed by atoms with van der Waals surface area (Å²) in [6.45, 7) is 3.07. The first kappa shape index (κ1) is 22.0. The molecule has 0 spiro atoms. The van der Waals surface area contributed by atoms with Crippen LogP contribution in [0.25, 0.3) is 16.6 Å². The van der Waals surface area contributed by atoms with E-state index in [1.165, 1.54) is 32.1 Å². The van der Waals surface area contributed by atoms with Crippen molar-refractivity contribution in [1.29, 1.82) is 0 Å². The fourth-order valence-electron chi connectivity index (χ4n) is 4.53. The molecule has 0 aromatic carbocycles. The van der Waals surface area contributed by atoms with E-state index < -0.39 is 0 Å². The molecule has 0 saturated heterocycles. The van der Waals surface area contributed by atoms with Gasteiger partial charge in [0.25, 0.3) is 5.91 Å². The van der Waals surface area contributed by atoms with E-state index in [0.29, 0.717) is 23.7 Å². The van der Waals surface area contributed by atoms with Gasteiger partial charge >= 0.3 is 0 Å². The molecule has 1 aliphatic carbocycles. The summed E-state index contributed by atoms with van der Waals surface area (Å²) in [5.74, 6) is 0.457. The van der Waals surface area contributed by atoms with Gasteiger partial charge in [-0.2, -0.15) is 5.10 Å². The maximum atomic E-state index is 13.5. The highest BCUT2D eigenvalue weighted by Crippen LogP contribution is 2.33. The van der Waals surface area contributed by atoms with E-state index in [0.717, 1.165) is 33.2 Å². The predicted molar refractivity (Wildman–Crippen MR) is 125 cm³/mol. The summed E-state index contributed by atoms with van der Waals surface area (Å²) >= 11 is 3.53. The molecule has 1 amide bonds. The molecule has 0 radical (unpaired) electrons. The summed E-state index contributed by atoms with van der Waals surface area (Å²) in [5.41, 5.74) is 4.92. The minimum Gasteiger partial charge on any atom is -0.378 e. The number of hydrogen-bond donors (Lipinski definition) is 1. The molecular formula is C24H29BrN4O2. The lowest BCUT2D eigenvalue weighted by Gasteiger charge is -2.23. The Labute approximate surface area is 191 Å². The Morgan fingerprint density at radius 1 is 1.26 bits per heavy atom. The average Bonchev–Trinajstić information content (AvgIpc) is 3.20. The standard InChI is InChI=1S/C24H29BrN4O2/c1-3-19-9-10-21-22(17-11-18(25)14-26-13-17)23(20(15-31-2)28-29(19)21)24(30)27-12-16-7-5-4-6-8-16/h9-11,13-14,16H,3-8,12,15H2,1-2H3,(H,27,30). The zero-order valence-electron chi connectivity index (χ0n) is 18.2. The number of hydrogen-bond acceptors (Lipinski definition) is 4. The quantitative estimate of drug-likeness (QED) is 0.501. The van der Waals surface area contributed by atoms with Gasteiger partial charge in [-0.3, -0.25) is 9.78 Å². The maximum Gasteiger partial charge on any atom is 0.254 e. The SMILES string of the molecule is CCc1ccc2c(-c3cncc(Br)c3)c(C(=O)NCC3CCCCC3)c(COC)nn12. The van der Waals surface area contributed by atoms with Gasteiger partial charge in [0.15, 0.2) is 0 Å². The number of carbonyl (C=O) groups is 1. The Morgan fingerprint density at radius 2 is 2.06 bits per heavy atom. The van der Waals surface area contributed by atoms with Crippen LogP contribution >= 0.6 is 15.9 Å². The average molecular weight is 485 g/mol. The molecule has 1 fully saturated rings. The number of ether oxygens (including phenoxy) is 1. The van der Waals surface area contributed by atoms with Crippen LogP contribution in [0, 0.1) is 5.92 Å². The number of pyridine rings is 1. The van der Waals surface area contributed by atoms with Gasteiger partial charge in [0.2, 0.25) is 0 Å². The summed E-state index contributed by atoms with van der Waals surface area (Å²) in [4.78, 5) is 17.9. The fourth-order valence-corrected chi connectivity index (χ4v) is 4.89. The predicted octanol–water partition coefficient (Wildman–Crippen LogP) is 5.18.